The number of hydrogen-bond donors (Lipinski definition) is 2. The van der Waals surface area contributed by atoms with Crippen LogP contribution in [0.1, 0.15) is 52.6 Å². The minimum absolute atomic E-state index is 0.0238. The van der Waals surface area contributed by atoms with Crippen molar-refractivity contribution in [2.24, 2.45) is 0 Å². The first-order chi connectivity index (χ1) is 19.1. The minimum atomic E-state index is -0.164. The Morgan fingerprint density at radius 2 is 1.62 bits per heavy atom. The topological polar surface area (TPSA) is 87.2 Å². The van der Waals surface area contributed by atoms with Crippen LogP contribution in [0.2, 0.25) is 0 Å². The van der Waals surface area contributed by atoms with Crippen molar-refractivity contribution in [2.75, 3.05) is 24.2 Å². The van der Waals surface area contributed by atoms with Crippen LogP contribution >= 0.6 is 0 Å². The summed E-state index contributed by atoms with van der Waals surface area (Å²) in [6.45, 7) is 12.6. The Kier molecular flexibility index (Phi) is 8.43. The molecule has 0 saturated heterocycles. The molecule has 4 aromatic rings. The lowest BCUT2D eigenvalue weighted by Crippen LogP contribution is -2.26. The van der Waals surface area contributed by atoms with E-state index in [1.54, 1.807) is 36.4 Å². The molecule has 0 aliphatic carbocycles. The van der Waals surface area contributed by atoms with Gasteiger partial charge in [-0.15, -0.1) is 6.58 Å². The molecule has 0 radical (unpaired) electrons. The first kappa shape index (κ1) is 28.2. The van der Waals surface area contributed by atoms with E-state index < -0.39 is 0 Å². The zero-order valence-electron chi connectivity index (χ0n) is 23.7. The highest BCUT2D eigenvalue weighted by Crippen LogP contribution is 2.29. The number of likely N-dealkylation sites (N-methyl/N-ethyl adjacent to an activating group) is 1. The van der Waals surface area contributed by atoms with Crippen molar-refractivity contribution in [3.8, 4) is 11.3 Å². The molecule has 2 amide bonds. The molecular weight excluding hydrogens is 498 g/mol. The summed E-state index contributed by atoms with van der Waals surface area (Å²) >= 11 is 0. The van der Waals surface area contributed by atoms with E-state index in [1.807, 2.05) is 67.6 Å². The van der Waals surface area contributed by atoms with Crippen LogP contribution in [0, 0.1) is 6.92 Å². The third-order valence-electron chi connectivity index (χ3n) is 6.66. The van der Waals surface area contributed by atoms with E-state index in [0.29, 0.717) is 23.6 Å². The van der Waals surface area contributed by atoms with Crippen LogP contribution in [0.15, 0.2) is 91.6 Å². The van der Waals surface area contributed by atoms with Crippen molar-refractivity contribution in [2.45, 2.75) is 33.1 Å². The number of hydrogen-bond acceptors (Lipinski definition) is 5. The molecule has 40 heavy (non-hydrogen) atoms. The van der Waals surface area contributed by atoms with Crippen molar-refractivity contribution in [1.82, 2.24) is 14.9 Å². The summed E-state index contributed by atoms with van der Waals surface area (Å²) in [6.07, 6.45) is 3.38. The number of carbonyl (C=O) groups is 2. The highest BCUT2D eigenvalue weighted by molar-refractivity contribution is 6.05. The molecule has 3 aromatic carbocycles. The van der Waals surface area contributed by atoms with Gasteiger partial charge in [0.25, 0.3) is 11.8 Å². The van der Waals surface area contributed by atoms with Gasteiger partial charge in [-0.1, -0.05) is 51.1 Å². The molecule has 0 aliphatic rings. The zero-order valence-corrected chi connectivity index (χ0v) is 23.7. The standard InChI is InChI=1S/C33H35N5O2/c1-7-21-38(6)31(40)24-13-17-26(18-14-24)35-32-34-20-19-29(37-32)27-9-8-10-28(22(27)2)36-30(39)23-11-15-25(16-12-23)33(3,4)5/h7-20H,1,21H2,2-6H3,(H,36,39)(H,34,35,37). The SMILES string of the molecule is C=CCN(C)C(=O)c1ccc(Nc2nccc(-c3cccc(NC(=O)c4ccc(C(C)(C)C)cc4)c3C)n2)cc1. The zero-order chi connectivity index (χ0) is 28.9. The minimum Gasteiger partial charge on any atom is -0.338 e. The maximum atomic E-state index is 13.0. The van der Waals surface area contributed by atoms with Gasteiger partial charge in [0, 0.05) is 47.9 Å². The van der Waals surface area contributed by atoms with Gasteiger partial charge >= 0.3 is 0 Å². The van der Waals surface area contributed by atoms with Gasteiger partial charge in [-0.3, -0.25) is 9.59 Å². The Hall–Kier alpha value is -4.78. The quantitative estimate of drug-likeness (QED) is 0.238. The van der Waals surface area contributed by atoms with Gasteiger partial charge in [-0.25, -0.2) is 9.97 Å². The predicted octanol–water partition coefficient (Wildman–Crippen LogP) is 7.00. The molecule has 204 valence electrons. The number of aromatic nitrogens is 2. The third-order valence-corrected chi connectivity index (χ3v) is 6.66. The Morgan fingerprint density at radius 1 is 0.950 bits per heavy atom. The molecule has 0 unspecified atom stereocenters. The largest absolute Gasteiger partial charge is 0.338 e. The summed E-state index contributed by atoms with van der Waals surface area (Å²) in [5.41, 5.74) is 6.38. The molecule has 4 rings (SSSR count). The first-order valence-corrected chi connectivity index (χ1v) is 13.1. The average Bonchev–Trinajstić information content (AvgIpc) is 2.94. The second kappa shape index (κ2) is 11.9. The first-order valence-electron chi connectivity index (χ1n) is 13.1. The number of rotatable bonds is 8. The number of carbonyl (C=O) groups excluding carboxylic acids is 2. The average molecular weight is 534 g/mol. The van der Waals surface area contributed by atoms with Gasteiger partial charge in [0.05, 0.1) is 5.69 Å². The molecule has 0 aliphatic heterocycles. The van der Waals surface area contributed by atoms with Crippen LogP contribution in [0.5, 0.6) is 0 Å². The molecule has 2 N–H and O–H groups in total. The van der Waals surface area contributed by atoms with E-state index in [4.69, 9.17) is 4.98 Å². The lowest BCUT2D eigenvalue weighted by Gasteiger charge is -2.19. The number of benzene rings is 3. The smallest absolute Gasteiger partial charge is 0.255 e. The van der Waals surface area contributed by atoms with Crippen molar-refractivity contribution < 1.29 is 9.59 Å². The van der Waals surface area contributed by atoms with Crippen LogP contribution < -0.4 is 10.6 Å². The van der Waals surface area contributed by atoms with Gasteiger partial charge in [0.2, 0.25) is 5.95 Å². The Labute approximate surface area is 236 Å². The van der Waals surface area contributed by atoms with Gasteiger partial charge in [-0.05, 0) is 72.0 Å². The summed E-state index contributed by atoms with van der Waals surface area (Å²) in [5.74, 6) is 0.186. The van der Waals surface area contributed by atoms with Gasteiger partial charge in [0.15, 0.2) is 0 Å². The molecule has 0 saturated carbocycles. The van der Waals surface area contributed by atoms with E-state index in [0.717, 1.165) is 28.2 Å². The van der Waals surface area contributed by atoms with Crippen molar-refractivity contribution in [1.29, 1.82) is 0 Å². The molecule has 0 fully saturated rings. The van der Waals surface area contributed by atoms with Gasteiger partial charge in [-0.2, -0.15) is 0 Å². The Balaban J connectivity index is 1.49. The maximum Gasteiger partial charge on any atom is 0.255 e. The van der Waals surface area contributed by atoms with Crippen molar-refractivity contribution in [3.63, 3.8) is 0 Å². The number of anilines is 3. The van der Waals surface area contributed by atoms with E-state index in [-0.39, 0.29) is 17.2 Å². The highest BCUT2D eigenvalue weighted by atomic mass is 16.2. The fourth-order valence-electron chi connectivity index (χ4n) is 4.26. The van der Waals surface area contributed by atoms with E-state index in [2.05, 4.69) is 43.0 Å². The van der Waals surface area contributed by atoms with Crippen LogP contribution in [-0.2, 0) is 5.41 Å². The number of amides is 2. The molecule has 1 aromatic heterocycles. The van der Waals surface area contributed by atoms with Crippen molar-refractivity contribution in [3.05, 3.63) is 114 Å². The lowest BCUT2D eigenvalue weighted by atomic mass is 9.86. The van der Waals surface area contributed by atoms with Crippen LogP contribution in [-0.4, -0.2) is 40.3 Å². The number of nitrogens with one attached hydrogen (secondary N) is 2. The summed E-state index contributed by atoms with van der Waals surface area (Å²) in [4.78, 5) is 36.1. The highest BCUT2D eigenvalue weighted by Gasteiger charge is 2.16. The summed E-state index contributed by atoms with van der Waals surface area (Å²) < 4.78 is 0. The lowest BCUT2D eigenvalue weighted by molar-refractivity contribution is 0.0810. The molecular formula is C33H35N5O2. The summed E-state index contributed by atoms with van der Waals surface area (Å²) in [6, 6.07) is 22.5. The van der Waals surface area contributed by atoms with E-state index in [1.165, 1.54) is 5.56 Å². The molecule has 1 heterocycles. The maximum absolute atomic E-state index is 13.0. The molecule has 0 bridgehead atoms. The summed E-state index contributed by atoms with van der Waals surface area (Å²) in [5, 5.41) is 6.25. The van der Waals surface area contributed by atoms with Crippen LogP contribution in [0.25, 0.3) is 11.3 Å². The van der Waals surface area contributed by atoms with Gasteiger partial charge < -0.3 is 15.5 Å². The molecule has 7 heteroatoms. The molecule has 7 nitrogen and oxygen atoms in total. The van der Waals surface area contributed by atoms with Gasteiger partial charge in [0.1, 0.15) is 0 Å². The third kappa shape index (κ3) is 6.61. The summed E-state index contributed by atoms with van der Waals surface area (Å²) in [7, 11) is 1.74. The molecule has 0 atom stereocenters. The number of nitrogens with zero attached hydrogens (tertiary/aromatic N) is 3. The van der Waals surface area contributed by atoms with E-state index >= 15 is 0 Å². The monoisotopic (exact) mass is 533 g/mol. The van der Waals surface area contributed by atoms with Crippen LogP contribution in [0.3, 0.4) is 0 Å². The second-order valence-corrected chi connectivity index (χ2v) is 10.7. The Bertz CT molecular complexity index is 1520. The van der Waals surface area contributed by atoms with Crippen LogP contribution in [0.4, 0.5) is 17.3 Å². The fraction of sp³-hybridized carbons (Fsp3) is 0.212. The Morgan fingerprint density at radius 3 is 2.27 bits per heavy atom. The van der Waals surface area contributed by atoms with E-state index in [9.17, 15) is 9.59 Å². The molecule has 0 spiro atoms. The normalized spacial score (nSPS) is 11.0. The fourth-order valence-corrected chi connectivity index (χ4v) is 4.26. The second-order valence-electron chi connectivity index (χ2n) is 10.7. The van der Waals surface area contributed by atoms with Crippen molar-refractivity contribution >= 4 is 29.1 Å². The predicted molar refractivity (Wildman–Crippen MR) is 162 cm³/mol.